The zero-order valence-corrected chi connectivity index (χ0v) is 9.69. The van der Waals surface area contributed by atoms with Gasteiger partial charge in [-0.15, -0.1) is 0 Å². The van der Waals surface area contributed by atoms with Crippen LogP contribution in [0.1, 0.15) is 19.4 Å². The molecule has 3 heteroatoms. The molecule has 0 saturated heterocycles. The summed E-state index contributed by atoms with van der Waals surface area (Å²) in [5.41, 5.74) is 1.81. The fourth-order valence-corrected chi connectivity index (χ4v) is 1.31. The molecule has 1 N–H and O–H groups in total. The molecule has 0 saturated carbocycles. The number of anilines is 1. The van der Waals surface area contributed by atoms with Gasteiger partial charge in [-0.1, -0.05) is 30.4 Å². The van der Waals surface area contributed by atoms with Crippen molar-refractivity contribution in [1.82, 2.24) is 0 Å². The molecule has 1 aromatic carbocycles. The van der Waals surface area contributed by atoms with Crippen LogP contribution in [0, 0.1) is 0 Å². The van der Waals surface area contributed by atoms with Crippen LogP contribution < -0.4 is 5.32 Å². The number of rotatable bonds is 5. The smallest absolute Gasteiger partial charge is 0.221 e. The molecule has 0 bridgehead atoms. The summed E-state index contributed by atoms with van der Waals surface area (Å²) in [4.78, 5) is 11.0. The highest BCUT2D eigenvalue weighted by atomic mass is 16.5. The number of hydrogen-bond acceptors (Lipinski definition) is 2. The quantitative estimate of drug-likeness (QED) is 0.773. The molecule has 0 atom stereocenters. The highest BCUT2D eigenvalue weighted by Crippen LogP contribution is 2.16. The van der Waals surface area contributed by atoms with Crippen LogP contribution in [0.15, 0.2) is 30.3 Å². The first kappa shape index (κ1) is 12.5. The van der Waals surface area contributed by atoms with Gasteiger partial charge in [0.05, 0.1) is 6.61 Å². The van der Waals surface area contributed by atoms with Gasteiger partial charge in [0.15, 0.2) is 0 Å². The van der Waals surface area contributed by atoms with Crippen LogP contribution >= 0.6 is 0 Å². The lowest BCUT2D eigenvalue weighted by molar-refractivity contribution is -0.114. The zero-order chi connectivity index (χ0) is 11.8. The van der Waals surface area contributed by atoms with Gasteiger partial charge in [0.1, 0.15) is 0 Å². The van der Waals surface area contributed by atoms with Crippen molar-refractivity contribution in [2.75, 3.05) is 18.5 Å². The molecule has 16 heavy (non-hydrogen) atoms. The minimum Gasteiger partial charge on any atom is -0.378 e. The largest absolute Gasteiger partial charge is 0.378 e. The molecule has 0 fully saturated rings. The standard InChI is InChI=1S/C13H17NO2/c1-3-16-10-6-8-12-7-4-5-9-13(12)14-11(2)15/h4-9H,3,10H2,1-2H3,(H,14,15)/b8-6+. The highest BCUT2D eigenvalue weighted by Gasteiger charge is 1.99. The Bertz CT molecular complexity index is 372. The predicted octanol–water partition coefficient (Wildman–Crippen LogP) is 2.69. The molecule has 0 unspecified atom stereocenters. The van der Waals surface area contributed by atoms with Crippen LogP contribution in [0.5, 0.6) is 0 Å². The molecule has 0 radical (unpaired) electrons. The molecule has 1 rings (SSSR count). The van der Waals surface area contributed by atoms with Gasteiger partial charge in [0, 0.05) is 19.2 Å². The van der Waals surface area contributed by atoms with Gasteiger partial charge in [-0.3, -0.25) is 4.79 Å². The minimum atomic E-state index is -0.0642. The van der Waals surface area contributed by atoms with Crippen LogP contribution in [0.4, 0.5) is 5.69 Å². The Balaban J connectivity index is 2.70. The van der Waals surface area contributed by atoms with Crippen molar-refractivity contribution >= 4 is 17.7 Å². The number of nitrogens with one attached hydrogen (secondary N) is 1. The molecule has 0 heterocycles. The third-order valence-corrected chi connectivity index (χ3v) is 1.99. The van der Waals surface area contributed by atoms with Gasteiger partial charge in [0.2, 0.25) is 5.91 Å². The average molecular weight is 219 g/mol. The maximum Gasteiger partial charge on any atom is 0.221 e. The number of benzene rings is 1. The lowest BCUT2D eigenvalue weighted by Gasteiger charge is -2.05. The van der Waals surface area contributed by atoms with E-state index in [9.17, 15) is 4.79 Å². The van der Waals surface area contributed by atoms with E-state index >= 15 is 0 Å². The maximum absolute atomic E-state index is 11.0. The predicted molar refractivity (Wildman–Crippen MR) is 66.3 cm³/mol. The third-order valence-electron chi connectivity index (χ3n) is 1.99. The Hall–Kier alpha value is -1.61. The van der Waals surface area contributed by atoms with Gasteiger partial charge < -0.3 is 10.1 Å². The van der Waals surface area contributed by atoms with Crippen LogP contribution in [0.25, 0.3) is 6.08 Å². The highest BCUT2D eigenvalue weighted by molar-refractivity contribution is 5.91. The first-order chi connectivity index (χ1) is 7.74. The Labute approximate surface area is 96.1 Å². The van der Waals surface area contributed by atoms with Crippen molar-refractivity contribution in [3.05, 3.63) is 35.9 Å². The summed E-state index contributed by atoms with van der Waals surface area (Å²) < 4.78 is 5.20. The SMILES string of the molecule is CCOC/C=C/c1ccccc1NC(C)=O. The second-order valence-electron chi connectivity index (χ2n) is 3.33. The lowest BCUT2D eigenvalue weighted by Crippen LogP contribution is -2.06. The summed E-state index contributed by atoms with van der Waals surface area (Å²) in [5, 5.41) is 2.78. The molecule has 3 nitrogen and oxygen atoms in total. The van der Waals surface area contributed by atoms with Gasteiger partial charge in [-0.25, -0.2) is 0 Å². The number of para-hydroxylation sites is 1. The molecule has 1 amide bonds. The second kappa shape index (κ2) is 6.80. The Morgan fingerprint density at radius 2 is 2.19 bits per heavy atom. The van der Waals surface area contributed by atoms with Crippen LogP contribution in [-0.2, 0) is 9.53 Å². The van der Waals surface area contributed by atoms with Gasteiger partial charge in [-0.2, -0.15) is 0 Å². The molecule has 0 aliphatic heterocycles. The van der Waals surface area contributed by atoms with E-state index in [0.717, 1.165) is 11.3 Å². The summed E-state index contributed by atoms with van der Waals surface area (Å²) in [6.45, 7) is 4.75. The lowest BCUT2D eigenvalue weighted by atomic mass is 10.1. The van der Waals surface area contributed by atoms with Crippen molar-refractivity contribution in [2.24, 2.45) is 0 Å². The van der Waals surface area contributed by atoms with Gasteiger partial charge in [-0.05, 0) is 18.6 Å². The van der Waals surface area contributed by atoms with E-state index in [1.807, 2.05) is 43.3 Å². The van der Waals surface area contributed by atoms with E-state index in [2.05, 4.69) is 5.32 Å². The fourth-order valence-electron chi connectivity index (χ4n) is 1.31. The van der Waals surface area contributed by atoms with Crippen LogP contribution in [0.3, 0.4) is 0 Å². The van der Waals surface area contributed by atoms with E-state index in [-0.39, 0.29) is 5.91 Å². The Morgan fingerprint density at radius 3 is 2.88 bits per heavy atom. The first-order valence-corrected chi connectivity index (χ1v) is 5.35. The molecule has 1 aromatic rings. The van der Waals surface area contributed by atoms with E-state index in [1.54, 1.807) is 0 Å². The van der Waals surface area contributed by atoms with Crippen LogP contribution in [-0.4, -0.2) is 19.1 Å². The first-order valence-electron chi connectivity index (χ1n) is 5.35. The van der Waals surface area contributed by atoms with Crippen molar-refractivity contribution in [1.29, 1.82) is 0 Å². The minimum absolute atomic E-state index is 0.0642. The zero-order valence-electron chi connectivity index (χ0n) is 9.69. The number of ether oxygens (including phenoxy) is 1. The summed E-state index contributed by atoms with van der Waals surface area (Å²) in [6, 6.07) is 7.66. The van der Waals surface area contributed by atoms with Crippen molar-refractivity contribution < 1.29 is 9.53 Å². The third kappa shape index (κ3) is 4.28. The number of carbonyl (C=O) groups excluding carboxylic acids is 1. The van der Waals surface area contributed by atoms with E-state index < -0.39 is 0 Å². The molecular formula is C13H17NO2. The Kier molecular flexibility index (Phi) is 5.29. The van der Waals surface area contributed by atoms with E-state index in [4.69, 9.17) is 4.74 Å². The number of amides is 1. The monoisotopic (exact) mass is 219 g/mol. The number of hydrogen-bond donors (Lipinski definition) is 1. The molecule has 0 spiro atoms. The Morgan fingerprint density at radius 1 is 1.44 bits per heavy atom. The van der Waals surface area contributed by atoms with E-state index in [1.165, 1.54) is 6.92 Å². The molecule has 0 aliphatic rings. The molecule has 0 aromatic heterocycles. The van der Waals surface area contributed by atoms with Gasteiger partial charge >= 0.3 is 0 Å². The molecular weight excluding hydrogens is 202 g/mol. The number of carbonyl (C=O) groups is 1. The van der Waals surface area contributed by atoms with Crippen LogP contribution in [0.2, 0.25) is 0 Å². The molecule has 86 valence electrons. The average Bonchev–Trinajstić information content (AvgIpc) is 2.26. The second-order valence-corrected chi connectivity index (χ2v) is 3.33. The normalized spacial score (nSPS) is 10.6. The molecule has 0 aliphatic carbocycles. The topological polar surface area (TPSA) is 38.3 Å². The van der Waals surface area contributed by atoms with Crippen molar-refractivity contribution in [3.63, 3.8) is 0 Å². The summed E-state index contributed by atoms with van der Waals surface area (Å²) >= 11 is 0. The summed E-state index contributed by atoms with van der Waals surface area (Å²) in [7, 11) is 0. The van der Waals surface area contributed by atoms with Crippen molar-refractivity contribution in [2.45, 2.75) is 13.8 Å². The van der Waals surface area contributed by atoms with Gasteiger partial charge in [0.25, 0.3) is 0 Å². The fraction of sp³-hybridized carbons (Fsp3) is 0.308. The summed E-state index contributed by atoms with van der Waals surface area (Å²) in [5.74, 6) is -0.0642. The maximum atomic E-state index is 11.0. The van der Waals surface area contributed by atoms with E-state index in [0.29, 0.717) is 13.2 Å². The summed E-state index contributed by atoms with van der Waals surface area (Å²) in [6.07, 6.45) is 3.88. The van der Waals surface area contributed by atoms with Crippen molar-refractivity contribution in [3.8, 4) is 0 Å².